The number of carbonyl (C=O) groups excluding carboxylic acids is 3. The molecule has 3 fully saturated rings. The van der Waals surface area contributed by atoms with Gasteiger partial charge in [-0.05, 0) is 111 Å². The number of benzene rings is 3. The molecule has 3 aromatic carbocycles. The fourth-order valence-corrected chi connectivity index (χ4v) is 10.3. The number of alkyl halides is 6. The Labute approximate surface area is 391 Å². The molecule has 0 bridgehead atoms. The normalized spacial score (nSPS) is 21.4. The molecule has 2 aliphatic carbocycles. The molecule has 2 atom stereocenters. The maximum absolute atomic E-state index is 13.9. The molecule has 3 aromatic rings. The van der Waals surface area contributed by atoms with Gasteiger partial charge in [0.2, 0.25) is 5.91 Å². The highest BCUT2D eigenvalue weighted by Crippen LogP contribution is 2.48. The predicted octanol–water partition coefficient (Wildman–Crippen LogP) is 10.1. The van der Waals surface area contributed by atoms with Crippen LogP contribution in [-0.4, -0.2) is 111 Å². The number of hydrogen-bond donors (Lipinski definition) is 1. The number of rotatable bonds is 14. The van der Waals surface area contributed by atoms with E-state index in [1.165, 1.54) is 22.4 Å². The number of fused-ring (bicyclic) bond motifs is 2. The number of halogens is 8. The molecule has 1 saturated carbocycles. The van der Waals surface area contributed by atoms with Gasteiger partial charge in [-0.15, -0.1) is 0 Å². The van der Waals surface area contributed by atoms with Crippen molar-refractivity contribution >= 4 is 41.1 Å². The molecule has 0 unspecified atom stereocenters. The van der Waals surface area contributed by atoms with E-state index in [1.807, 2.05) is 12.1 Å². The summed E-state index contributed by atoms with van der Waals surface area (Å²) in [5.74, 6) is -1.13. The predicted molar refractivity (Wildman–Crippen MR) is 237 cm³/mol. The Bertz CT molecular complexity index is 2170. The van der Waals surface area contributed by atoms with Gasteiger partial charge in [-0.25, -0.2) is 4.79 Å². The van der Waals surface area contributed by atoms with E-state index < -0.39 is 46.6 Å². The molecular weight excluding hydrogens is 913 g/mol. The molecule has 7 rings (SSSR count). The van der Waals surface area contributed by atoms with E-state index in [0.29, 0.717) is 69.6 Å². The zero-order valence-corrected chi connectivity index (χ0v) is 38.4. The van der Waals surface area contributed by atoms with Crippen LogP contribution in [0.3, 0.4) is 0 Å². The van der Waals surface area contributed by atoms with E-state index >= 15 is 0 Å². The van der Waals surface area contributed by atoms with Gasteiger partial charge in [-0.2, -0.15) is 26.3 Å². The van der Waals surface area contributed by atoms with Crippen molar-refractivity contribution in [3.05, 3.63) is 104 Å². The minimum absolute atomic E-state index is 0.00124. The third kappa shape index (κ3) is 11.8. The molecule has 0 aromatic heterocycles. The molecule has 3 amide bonds. The summed E-state index contributed by atoms with van der Waals surface area (Å²) < 4.78 is 101. The van der Waals surface area contributed by atoms with Crippen LogP contribution in [0.1, 0.15) is 102 Å². The number of piperidine rings is 1. The number of hydrogen-bond acceptors (Lipinski definition) is 7. The Balaban J connectivity index is 0.978. The van der Waals surface area contributed by atoms with Gasteiger partial charge in [0.15, 0.2) is 0 Å². The number of ether oxygens (including phenoxy) is 3. The molecule has 1 N–H and O–H groups in total. The molecule has 2 aliphatic heterocycles. The van der Waals surface area contributed by atoms with Gasteiger partial charge in [0.25, 0.3) is 5.91 Å². The minimum atomic E-state index is -5.12. The van der Waals surface area contributed by atoms with Crippen LogP contribution in [0.25, 0.3) is 0 Å². The Morgan fingerprint density at radius 1 is 0.879 bits per heavy atom. The Kier molecular flexibility index (Phi) is 15.9. The Morgan fingerprint density at radius 3 is 2.26 bits per heavy atom. The quantitative estimate of drug-likeness (QED) is 0.127. The maximum atomic E-state index is 13.9. The van der Waals surface area contributed by atoms with Gasteiger partial charge in [0.05, 0.1) is 47.0 Å². The summed E-state index contributed by atoms with van der Waals surface area (Å²) in [6.45, 7) is 2.15. The summed E-state index contributed by atoms with van der Waals surface area (Å²) >= 11 is 12.7. The monoisotopic (exact) mass is 968 g/mol. The standard InChI is InChI=1S/C48H56Cl2F6N4O6/c1-58(18-7-8-23-64-44(63)57-37-10-3-2-4-11-37)42(61)30-65-41-27-32-9-5-6-12-38(32)45(41)15-19-59(20-16-45)21-17-46(34-13-14-39(49)40(50)29-34)31-60(22-24-66-46)43(62)33-25-35(47(51,52)53)28-36(26-33)48(54,55)56/h5-6,9,12-14,25-26,28-29,37,41H,2-4,7-8,10-11,15-24,27,30-31H2,1H3,(H,57,63)/t41-,46-/m0/s1. The fourth-order valence-electron chi connectivity index (χ4n) is 10.0. The van der Waals surface area contributed by atoms with Gasteiger partial charge >= 0.3 is 18.4 Å². The van der Waals surface area contributed by atoms with Crippen LogP contribution in [0.4, 0.5) is 31.1 Å². The molecule has 66 heavy (non-hydrogen) atoms. The summed E-state index contributed by atoms with van der Waals surface area (Å²) in [5.41, 5.74) is -2.55. The lowest BCUT2D eigenvalue weighted by molar-refractivity contribution is -0.143. The number of alkyl carbamates (subject to hydrolysis) is 1. The summed E-state index contributed by atoms with van der Waals surface area (Å²) in [6, 6.07) is 14.2. The smallest absolute Gasteiger partial charge is 0.416 e. The molecule has 18 heteroatoms. The third-order valence-corrected chi connectivity index (χ3v) is 14.5. The lowest BCUT2D eigenvalue weighted by atomic mass is 9.72. The number of amides is 3. The van der Waals surface area contributed by atoms with Crippen molar-refractivity contribution in [2.24, 2.45) is 0 Å². The molecule has 1 spiro atoms. The lowest BCUT2D eigenvalue weighted by Gasteiger charge is -2.46. The molecule has 2 saturated heterocycles. The number of nitrogens with zero attached hydrogens (tertiary/aromatic N) is 3. The molecule has 2 heterocycles. The van der Waals surface area contributed by atoms with Crippen LogP contribution in [0, 0.1) is 0 Å². The van der Waals surface area contributed by atoms with Gasteiger partial charge in [-0.3, -0.25) is 9.59 Å². The zero-order valence-electron chi connectivity index (χ0n) is 36.9. The largest absolute Gasteiger partial charge is 0.450 e. The van der Waals surface area contributed by atoms with Gasteiger partial charge in [0, 0.05) is 43.7 Å². The molecular formula is C48H56Cl2F6N4O6. The average Bonchev–Trinajstić information content (AvgIpc) is 3.59. The summed E-state index contributed by atoms with van der Waals surface area (Å²) in [7, 11) is 1.74. The van der Waals surface area contributed by atoms with E-state index in [2.05, 4.69) is 22.3 Å². The molecule has 360 valence electrons. The zero-order chi connectivity index (χ0) is 47.3. The Hall–Kier alpha value is -4.09. The van der Waals surface area contributed by atoms with Gasteiger partial charge < -0.3 is 34.2 Å². The van der Waals surface area contributed by atoms with Crippen molar-refractivity contribution < 1.29 is 54.9 Å². The van der Waals surface area contributed by atoms with Crippen LogP contribution >= 0.6 is 23.2 Å². The van der Waals surface area contributed by atoms with Crippen molar-refractivity contribution in [1.82, 2.24) is 20.0 Å². The highest BCUT2D eigenvalue weighted by atomic mass is 35.5. The molecule has 10 nitrogen and oxygen atoms in total. The third-order valence-electron chi connectivity index (χ3n) is 13.8. The van der Waals surface area contributed by atoms with E-state index in [4.69, 9.17) is 37.4 Å². The van der Waals surface area contributed by atoms with Crippen LogP contribution in [0.15, 0.2) is 60.7 Å². The van der Waals surface area contributed by atoms with Crippen LogP contribution < -0.4 is 5.32 Å². The Morgan fingerprint density at radius 2 is 1.58 bits per heavy atom. The van der Waals surface area contributed by atoms with Crippen molar-refractivity contribution in [3.63, 3.8) is 0 Å². The highest BCUT2D eigenvalue weighted by Gasteiger charge is 2.50. The summed E-state index contributed by atoms with van der Waals surface area (Å²) in [4.78, 5) is 44.5. The summed E-state index contributed by atoms with van der Waals surface area (Å²) in [5, 5.41) is 3.42. The van der Waals surface area contributed by atoms with E-state index in [-0.39, 0.29) is 72.5 Å². The van der Waals surface area contributed by atoms with Crippen molar-refractivity contribution in [2.45, 2.75) is 106 Å². The highest BCUT2D eigenvalue weighted by molar-refractivity contribution is 6.42. The number of nitrogens with one attached hydrogen (secondary N) is 1. The number of carbonyl (C=O) groups is 3. The minimum Gasteiger partial charge on any atom is -0.450 e. The first-order valence-corrected chi connectivity index (χ1v) is 23.4. The SMILES string of the molecule is CN(CCCCOC(=O)NC1CCCCC1)C(=O)CO[C@H]1Cc2ccccc2C12CCN(CC[C@@]1(c3ccc(Cl)c(Cl)c3)CN(C(=O)c3cc(C(F)(F)F)cc(C(F)(F)F)c3)CCO1)CC2. The second kappa shape index (κ2) is 21.1. The van der Waals surface area contributed by atoms with Gasteiger partial charge in [0.1, 0.15) is 12.2 Å². The fraction of sp³-hybridized carbons (Fsp3) is 0.562. The first kappa shape index (κ1) is 49.8. The van der Waals surface area contributed by atoms with E-state index in [0.717, 1.165) is 38.5 Å². The number of likely N-dealkylation sites (tertiary alicyclic amines) is 1. The second-order valence-electron chi connectivity index (χ2n) is 18.0. The van der Waals surface area contributed by atoms with E-state index in [9.17, 15) is 40.7 Å². The topological polar surface area (TPSA) is 101 Å². The number of unbranched alkanes of at least 4 members (excludes halogenated alkanes) is 1. The first-order valence-electron chi connectivity index (χ1n) is 22.6. The van der Waals surface area contributed by atoms with Crippen LogP contribution in [0.5, 0.6) is 0 Å². The van der Waals surface area contributed by atoms with Crippen LogP contribution in [0.2, 0.25) is 10.0 Å². The van der Waals surface area contributed by atoms with Crippen molar-refractivity contribution in [2.75, 3.05) is 66.1 Å². The van der Waals surface area contributed by atoms with Crippen LogP contribution in [-0.2, 0) is 48.8 Å². The van der Waals surface area contributed by atoms with Gasteiger partial charge in [-0.1, -0.05) is 72.8 Å². The maximum Gasteiger partial charge on any atom is 0.416 e. The number of morpholine rings is 1. The first-order chi connectivity index (χ1) is 31.4. The molecule has 0 radical (unpaired) electrons. The van der Waals surface area contributed by atoms with Crippen molar-refractivity contribution in [1.29, 1.82) is 0 Å². The lowest BCUT2D eigenvalue weighted by Crippen LogP contribution is -2.54. The van der Waals surface area contributed by atoms with E-state index in [1.54, 1.807) is 30.1 Å². The second-order valence-corrected chi connectivity index (χ2v) is 18.9. The summed E-state index contributed by atoms with van der Waals surface area (Å²) in [6.07, 6.45) is -1.82. The number of likely N-dealkylation sites (N-methyl/N-ethyl adjacent to an activating group) is 1. The molecule has 4 aliphatic rings. The van der Waals surface area contributed by atoms with Crippen molar-refractivity contribution in [3.8, 4) is 0 Å². The average molecular weight is 970 g/mol.